The minimum absolute atomic E-state index is 0.0829. The van der Waals surface area contributed by atoms with Crippen molar-refractivity contribution in [3.8, 4) is 5.75 Å². The lowest BCUT2D eigenvalue weighted by molar-refractivity contribution is 0.0658. The zero-order valence-corrected chi connectivity index (χ0v) is 10.2. The Bertz CT molecular complexity index is 570. The van der Waals surface area contributed by atoms with Crippen molar-refractivity contribution in [1.82, 2.24) is 0 Å². The number of fused-ring (bicyclic) bond motifs is 1. The Labute approximate surface area is 104 Å². The van der Waals surface area contributed by atoms with Gasteiger partial charge in [-0.25, -0.2) is 4.79 Å². The van der Waals surface area contributed by atoms with Gasteiger partial charge in [0.15, 0.2) is 0 Å². The maximum atomic E-state index is 11.1. The van der Waals surface area contributed by atoms with Gasteiger partial charge in [0.1, 0.15) is 11.3 Å². The summed E-state index contributed by atoms with van der Waals surface area (Å²) < 4.78 is 15.7. The number of rotatable bonds is 5. The van der Waals surface area contributed by atoms with Crippen LogP contribution in [0.15, 0.2) is 22.6 Å². The fraction of sp³-hybridized carbons (Fsp3) is 0.308. The smallest absolute Gasteiger partial charge is 0.372 e. The van der Waals surface area contributed by atoms with Crippen molar-refractivity contribution in [3.05, 3.63) is 29.5 Å². The van der Waals surface area contributed by atoms with Crippen LogP contribution in [0.5, 0.6) is 5.75 Å². The van der Waals surface area contributed by atoms with Gasteiger partial charge < -0.3 is 19.0 Å². The first kappa shape index (κ1) is 12.4. The molecule has 1 heterocycles. The number of furan rings is 1. The summed E-state index contributed by atoms with van der Waals surface area (Å²) in [4.78, 5) is 11.1. The van der Waals surface area contributed by atoms with Crippen LogP contribution in [0.4, 0.5) is 0 Å². The highest BCUT2D eigenvalue weighted by Crippen LogP contribution is 2.30. The minimum atomic E-state index is -1.10. The van der Waals surface area contributed by atoms with E-state index in [0.29, 0.717) is 28.9 Å². The summed E-state index contributed by atoms with van der Waals surface area (Å²) in [6.07, 6.45) is 0. The second kappa shape index (κ2) is 5.10. The summed E-state index contributed by atoms with van der Waals surface area (Å²) in [5.41, 5.74) is 1.05. The lowest BCUT2D eigenvalue weighted by Gasteiger charge is -2.02. The van der Waals surface area contributed by atoms with E-state index >= 15 is 0 Å². The molecule has 0 saturated heterocycles. The van der Waals surface area contributed by atoms with Crippen LogP contribution in [0.2, 0.25) is 0 Å². The van der Waals surface area contributed by atoms with E-state index in [1.54, 1.807) is 18.2 Å². The SMILES string of the molecule is CCOc1ccc2oc(C(=O)O)c(COC)c2c1. The van der Waals surface area contributed by atoms with Gasteiger partial charge in [-0.3, -0.25) is 0 Å². The van der Waals surface area contributed by atoms with Crippen molar-refractivity contribution < 1.29 is 23.8 Å². The van der Waals surface area contributed by atoms with Crippen molar-refractivity contribution in [1.29, 1.82) is 0 Å². The normalized spacial score (nSPS) is 10.8. The van der Waals surface area contributed by atoms with Crippen LogP contribution in [-0.4, -0.2) is 24.8 Å². The van der Waals surface area contributed by atoms with E-state index in [2.05, 4.69) is 0 Å². The molecular formula is C13H14O5. The van der Waals surface area contributed by atoms with E-state index in [-0.39, 0.29) is 12.4 Å². The third kappa shape index (κ3) is 2.17. The van der Waals surface area contributed by atoms with Crippen LogP contribution >= 0.6 is 0 Å². The van der Waals surface area contributed by atoms with Gasteiger partial charge in [-0.1, -0.05) is 0 Å². The standard InChI is InChI=1S/C13H14O5/c1-3-17-8-4-5-11-9(6-8)10(7-16-2)12(18-11)13(14)15/h4-6H,3,7H2,1-2H3,(H,14,15). The molecule has 1 aromatic heterocycles. The number of methoxy groups -OCH3 is 1. The second-order valence-corrected chi connectivity index (χ2v) is 3.74. The van der Waals surface area contributed by atoms with E-state index < -0.39 is 5.97 Å². The average molecular weight is 250 g/mol. The lowest BCUT2D eigenvalue weighted by atomic mass is 10.1. The van der Waals surface area contributed by atoms with Crippen molar-refractivity contribution in [2.75, 3.05) is 13.7 Å². The van der Waals surface area contributed by atoms with Crippen LogP contribution in [0.3, 0.4) is 0 Å². The lowest BCUT2D eigenvalue weighted by Crippen LogP contribution is -2.00. The number of aromatic carboxylic acids is 1. The maximum Gasteiger partial charge on any atom is 0.372 e. The molecule has 1 N–H and O–H groups in total. The molecule has 96 valence electrons. The van der Waals surface area contributed by atoms with Gasteiger partial charge in [0.2, 0.25) is 5.76 Å². The van der Waals surface area contributed by atoms with Gasteiger partial charge >= 0.3 is 5.97 Å². The molecule has 2 rings (SSSR count). The number of carbonyl (C=O) groups is 1. The number of carboxylic acids is 1. The van der Waals surface area contributed by atoms with Crippen LogP contribution in [-0.2, 0) is 11.3 Å². The minimum Gasteiger partial charge on any atom is -0.494 e. The first-order valence-electron chi connectivity index (χ1n) is 5.57. The third-order valence-corrected chi connectivity index (χ3v) is 2.56. The van der Waals surface area contributed by atoms with E-state index in [9.17, 15) is 4.79 Å². The van der Waals surface area contributed by atoms with Crippen LogP contribution in [0.1, 0.15) is 23.0 Å². The Morgan fingerprint density at radius 1 is 1.44 bits per heavy atom. The molecule has 0 atom stereocenters. The van der Waals surface area contributed by atoms with E-state index in [1.165, 1.54) is 7.11 Å². The Kier molecular flexibility index (Phi) is 3.53. The highest BCUT2D eigenvalue weighted by atomic mass is 16.5. The Morgan fingerprint density at radius 2 is 2.22 bits per heavy atom. The first-order valence-corrected chi connectivity index (χ1v) is 5.57. The zero-order chi connectivity index (χ0) is 13.1. The number of benzene rings is 1. The quantitative estimate of drug-likeness (QED) is 0.883. The molecular weight excluding hydrogens is 236 g/mol. The maximum absolute atomic E-state index is 11.1. The fourth-order valence-electron chi connectivity index (χ4n) is 1.84. The molecule has 0 unspecified atom stereocenters. The summed E-state index contributed by atoms with van der Waals surface area (Å²) in [7, 11) is 1.51. The van der Waals surface area contributed by atoms with Crippen LogP contribution in [0, 0.1) is 0 Å². The van der Waals surface area contributed by atoms with Gasteiger partial charge in [0.25, 0.3) is 0 Å². The molecule has 0 amide bonds. The predicted octanol–water partition coefficient (Wildman–Crippen LogP) is 2.68. The van der Waals surface area contributed by atoms with Crippen LogP contribution < -0.4 is 4.74 Å². The van der Waals surface area contributed by atoms with E-state index in [0.717, 1.165) is 0 Å². The second-order valence-electron chi connectivity index (χ2n) is 3.74. The van der Waals surface area contributed by atoms with Crippen molar-refractivity contribution in [2.45, 2.75) is 13.5 Å². The topological polar surface area (TPSA) is 68.9 Å². The van der Waals surface area contributed by atoms with E-state index in [4.69, 9.17) is 19.0 Å². The monoisotopic (exact) mass is 250 g/mol. The predicted molar refractivity (Wildman–Crippen MR) is 65.1 cm³/mol. The molecule has 0 radical (unpaired) electrons. The Hall–Kier alpha value is -2.01. The van der Waals surface area contributed by atoms with Gasteiger partial charge in [-0.2, -0.15) is 0 Å². The molecule has 5 heteroatoms. The summed E-state index contributed by atoms with van der Waals surface area (Å²) in [6, 6.07) is 5.21. The van der Waals surface area contributed by atoms with Crippen molar-refractivity contribution >= 4 is 16.9 Å². The first-order chi connectivity index (χ1) is 8.67. The Balaban J connectivity index is 2.59. The number of carboxylic acid groups (broad SMARTS) is 1. The van der Waals surface area contributed by atoms with Crippen molar-refractivity contribution in [2.24, 2.45) is 0 Å². The van der Waals surface area contributed by atoms with E-state index in [1.807, 2.05) is 6.92 Å². The van der Waals surface area contributed by atoms with Gasteiger partial charge in [0.05, 0.1) is 13.2 Å². The highest BCUT2D eigenvalue weighted by Gasteiger charge is 2.20. The number of hydrogen-bond acceptors (Lipinski definition) is 4. The highest BCUT2D eigenvalue weighted by molar-refractivity contribution is 5.95. The zero-order valence-electron chi connectivity index (χ0n) is 10.2. The molecule has 0 bridgehead atoms. The summed E-state index contributed by atoms with van der Waals surface area (Å²) in [6.45, 7) is 2.62. The average Bonchev–Trinajstić information content (AvgIpc) is 2.69. The molecule has 2 aromatic rings. The van der Waals surface area contributed by atoms with Gasteiger partial charge in [-0.15, -0.1) is 0 Å². The molecule has 0 aliphatic rings. The molecule has 5 nitrogen and oxygen atoms in total. The summed E-state index contributed by atoms with van der Waals surface area (Å²) in [5.74, 6) is -0.503. The van der Waals surface area contributed by atoms with Crippen molar-refractivity contribution in [3.63, 3.8) is 0 Å². The summed E-state index contributed by atoms with van der Waals surface area (Å²) in [5, 5.41) is 9.79. The van der Waals surface area contributed by atoms with Crippen LogP contribution in [0.25, 0.3) is 11.0 Å². The molecule has 0 aliphatic carbocycles. The number of ether oxygens (including phenoxy) is 2. The van der Waals surface area contributed by atoms with Gasteiger partial charge in [0, 0.05) is 18.1 Å². The molecule has 0 spiro atoms. The fourth-order valence-corrected chi connectivity index (χ4v) is 1.84. The largest absolute Gasteiger partial charge is 0.494 e. The summed E-state index contributed by atoms with van der Waals surface area (Å²) >= 11 is 0. The molecule has 18 heavy (non-hydrogen) atoms. The third-order valence-electron chi connectivity index (χ3n) is 2.56. The van der Waals surface area contributed by atoms with Gasteiger partial charge in [-0.05, 0) is 25.1 Å². The molecule has 0 saturated carbocycles. The molecule has 0 fully saturated rings. The molecule has 0 aliphatic heterocycles. The Morgan fingerprint density at radius 3 is 2.83 bits per heavy atom. The number of hydrogen-bond donors (Lipinski definition) is 1. The molecule has 1 aromatic carbocycles.